The number of carbonyl (C=O) groups excluding carboxylic acids is 3. The van der Waals surface area contributed by atoms with Crippen LogP contribution in [0, 0.1) is 6.92 Å². The number of benzene rings is 1. The third kappa shape index (κ3) is 3.79. The number of rotatable bonds is 5. The number of aromatic nitrogens is 1. The number of hydrogen-bond acceptors (Lipinski definition) is 4. The summed E-state index contributed by atoms with van der Waals surface area (Å²) in [6.45, 7) is 3.10. The summed E-state index contributed by atoms with van der Waals surface area (Å²) in [5.74, 6) is -0.939. The van der Waals surface area contributed by atoms with E-state index in [-0.39, 0.29) is 29.7 Å². The molecular formula is C21H24N2O4. The van der Waals surface area contributed by atoms with Gasteiger partial charge in [-0.1, -0.05) is 24.3 Å². The van der Waals surface area contributed by atoms with Crippen molar-refractivity contribution in [3.05, 3.63) is 57.9 Å². The van der Waals surface area contributed by atoms with Crippen LogP contribution in [-0.2, 0) is 22.4 Å². The zero-order valence-corrected chi connectivity index (χ0v) is 15.8. The molecule has 2 N–H and O–H groups in total. The van der Waals surface area contributed by atoms with Gasteiger partial charge in [0.15, 0.2) is 5.78 Å². The highest BCUT2D eigenvalue weighted by Crippen LogP contribution is 2.29. The topological polar surface area (TPSA) is 88.3 Å². The van der Waals surface area contributed by atoms with Crippen LogP contribution in [-0.4, -0.2) is 29.8 Å². The predicted molar refractivity (Wildman–Crippen MR) is 101 cm³/mol. The summed E-state index contributed by atoms with van der Waals surface area (Å²) in [4.78, 5) is 39.6. The Labute approximate surface area is 158 Å². The highest BCUT2D eigenvalue weighted by Gasteiger charge is 2.26. The molecule has 3 rings (SSSR count). The summed E-state index contributed by atoms with van der Waals surface area (Å²) in [5.41, 5.74) is 3.94. The molecule has 1 heterocycles. The molecule has 142 valence electrons. The van der Waals surface area contributed by atoms with Crippen LogP contribution < -0.4 is 5.32 Å². The van der Waals surface area contributed by atoms with Crippen molar-refractivity contribution in [2.45, 2.75) is 45.6 Å². The van der Waals surface area contributed by atoms with E-state index in [9.17, 15) is 14.4 Å². The molecule has 0 radical (unpaired) electrons. The van der Waals surface area contributed by atoms with E-state index >= 15 is 0 Å². The fourth-order valence-electron chi connectivity index (χ4n) is 3.83. The minimum Gasteiger partial charge on any atom is -0.465 e. The fourth-order valence-corrected chi connectivity index (χ4v) is 3.83. The van der Waals surface area contributed by atoms with Crippen LogP contribution in [0.2, 0.25) is 0 Å². The molecular weight excluding hydrogens is 344 g/mol. The van der Waals surface area contributed by atoms with Gasteiger partial charge < -0.3 is 15.0 Å². The van der Waals surface area contributed by atoms with E-state index in [2.05, 4.69) is 16.4 Å². The molecule has 27 heavy (non-hydrogen) atoms. The molecule has 0 bridgehead atoms. The number of aryl methyl sites for hydroxylation is 1. The molecule has 6 nitrogen and oxygen atoms in total. The Morgan fingerprint density at radius 3 is 2.70 bits per heavy atom. The predicted octanol–water partition coefficient (Wildman–Crippen LogP) is 3.05. The number of methoxy groups -OCH3 is 1. The second-order valence-electron chi connectivity index (χ2n) is 6.91. The number of amides is 1. The number of fused-ring (bicyclic) bond motifs is 1. The molecule has 1 unspecified atom stereocenters. The number of nitrogens with one attached hydrogen (secondary N) is 2. The smallest absolute Gasteiger partial charge is 0.339 e. The lowest BCUT2D eigenvalue weighted by Crippen LogP contribution is -2.32. The maximum atomic E-state index is 12.7. The molecule has 1 atom stereocenters. The first-order valence-corrected chi connectivity index (χ1v) is 9.10. The van der Waals surface area contributed by atoms with Crippen molar-refractivity contribution in [2.24, 2.45) is 0 Å². The number of ketones is 1. The Morgan fingerprint density at radius 2 is 2.00 bits per heavy atom. The minimum absolute atomic E-state index is 0.0166. The van der Waals surface area contributed by atoms with Crippen molar-refractivity contribution in [3.63, 3.8) is 0 Å². The van der Waals surface area contributed by atoms with Gasteiger partial charge in [-0.15, -0.1) is 0 Å². The number of ether oxygens (including phenoxy) is 1. The third-order valence-corrected chi connectivity index (χ3v) is 5.11. The second kappa shape index (κ2) is 7.78. The number of hydrogen-bond donors (Lipinski definition) is 2. The van der Waals surface area contributed by atoms with Crippen LogP contribution in [0.15, 0.2) is 24.3 Å². The fraction of sp³-hybridized carbons (Fsp3) is 0.381. The summed E-state index contributed by atoms with van der Waals surface area (Å²) in [7, 11) is 1.28. The molecule has 0 saturated carbocycles. The van der Waals surface area contributed by atoms with E-state index in [1.807, 2.05) is 18.2 Å². The van der Waals surface area contributed by atoms with Crippen molar-refractivity contribution < 1.29 is 19.1 Å². The maximum Gasteiger partial charge on any atom is 0.339 e. The summed E-state index contributed by atoms with van der Waals surface area (Å²) in [5, 5.41) is 3.07. The van der Waals surface area contributed by atoms with Crippen molar-refractivity contribution in [1.82, 2.24) is 10.3 Å². The second-order valence-corrected chi connectivity index (χ2v) is 6.91. The first-order valence-electron chi connectivity index (χ1n) is 9.10. The summed E-state index contributed by atoms with van der Waals surface area (Å²) >= 11 is 0. The lowest BCUT2D eigenvalue weighted by molar-refractivity contribution is -0.121. The molecule has 0 saturated heterocycles. The molecule has 2 aromatic rings. The molecule has 1 aliphatic carbocycles. The van der Waals surface area contributed by atoms with Gasteiger partial charge >= 0.3 is 5.97 Å². The monoisotopic (exact) mass is 368 g/mol. The summed E-state index contributed by atoms with van der Waals surface area (Å²) in [6, 6.07) is 8.10. The van der Waals surface area contributed by atoms with E-state index in [1.165, 1.54) is 19.6 Å². The van der Waals surface area contributed by atoms with Crippen molar-refractivity contribution in [2.75, 3.05) is 7.11 Å². The molecule has 1 aromatic heterocycles. The largest absolute Gasteiger partial charge is 0.465 e. The highest BCUT2D eigenvalue weighted by molar-refractivity contribution is 6.01. The molecule has 1 aromatic carbocycles. The van der Waals surface area contributed by atoms with Gasteiger partial charge in [-0.05, 0) is 42.9 Å². The number of carbonyl (C=O) groups is 3. The molecule has 6 heteroatoms. The SMILES string of the molecule is COC(=O)c1c(CC(=O)NC2CCCc3ccccc32)[nH]c(C(C)=O)c1C. The van der Waals surface area contributed by atoms with E-state index in [1.54, 1.807) is 6.92 Å². The van der Waals surface area contributed by atoms with Gasteiger partial charge in [0.2, 0.25) is 5.91 Å². The molecule has 0 aliphatic heterocycles. The normalized spacial score (nSPS) is 15.7. The van der Waals surface area contributed by atoms with Gasteiger partial charge in [-0.25, -0.2) is 4.79 Å². The van der Waals surface area contributed by atoms with Crippen molar-refractivity contribution in [1.29, 1.82) is 0 Å². The van der Waals surface area contributed by atoms with Crippen LogP contribution in [0.25, 0.3) is 0 Å². The Hall–Kier alpha value is -2.89. The number of H-pyrrole nitrogens is 1. The minimum atomic E-state index is -0.554. The molecule has 1 amide bonds. The van der Waals surface area contributed by atoms with Crippen LogP contribution in [0.5, 0.6) is 0 Å². The van der Waals surface area contributed by atoms with Crippen LogP contribution in [0.1, 0.15) is 69.0 Å². The number of Topliss-reactive ketones (excluding diaryl/α,β-unsaturated/α-hetero) is 1. The standard InChI is InChI=1S/C21H24N2O4/c1-12-19(21(26)27-3)17(23-20(12)13(2)24)11-18(25)22-16-10-6-8-14-7-4-5-9-15(14)16/h4-5,7,9,16,23H,6,8,10-11H2,1-3H3,(H,22,25). The van der Waals surface area contributed by atoms with Crippen LogP contribution in [0.4, 0.5) is 0 Å². The lowest BCUT2D eigenvalue weighted by Gasteiger charge is -2.26. The first-order chi connectivity index (χ1) is 12.9. The third-order valence-electron chi connectivity index (χ3n) is 5.11. The molecule has 0 spiro atoms. The van der Waals surface area contributed by atoms with Gasteiger partial charge in [0, 0.05) is 12.6 Å². The molecule has 0 fully saturated rings. The average Bonchev–Trinajstić information content (AvgIpc) is 2.97. The van der Waals surface area contributed by atoms with Gasteiger partial charge in [0.05, 0.1) is 30.8 Å². The Bertz CT molecular complexity index is 898. The van der Waals surface area contributed by atoms with Crippen LogP contribution in [0.3, 0.4) is 0 Å². The molecule has 1 aliphatic rings. The van der Waals surface area contributed by atoms with E-state index in [4.69, 9.17) is 4.74 Å². The van der Waals surface area contributed by atoms with E-state index in [0.717, 1.165) is 24.8 Å². The average molecular weight is 368 g/mol. The lowest BCUT2D eigenvalue weighted by atomic mass is 9.87. The summed E-state index contributed by atoms with van der Waals surface area (Å²) < 4.78 is 4.83. The van der Waals surface area contributed by atoms with Gasteiger partial charge in [0.25, 0.3) is 0 Å². The highest BCUT2D eigenvalue weighted by atomic mass is 16.5. The van der Waals surface area contributed by atoms with Crippen molar-refractivity contribution in [3.8, 4) is 0 Å². The quantitative estimate of drug-likeness (QED) is 0.627. The Morgan fingerprint density at radius 1 is 1.26 bits per heavy atom. The Balaban J connectivity index is 1.82. The number of aromatic amines is 1. The first kappa shape index (κ1) is 18.9. The van der Waals surface area contributed by atoms with Crippen LogP contribution >= 0.6 is 0 Å². The van der Waals surface area contributed by atoms with Gasteiger partial charge in [-0.3, -0.25) is 9.59 Å². The van der Waals surface area contributed by atoms with E-state index < -0.39 is 5.97 Å². The Kier molecular flexibility index (Phi) is 5.44. The van der Waals surface area contributed by atoms with Gasteiger partial charge in [-0.2, -0.15) is 0 Å². The summed E-state index contributed by atoms with van der Waals surface area (Å²) in [6.07, 6.45) is 2.91. The maximum absolute atomic E-state index is 12.7. The van der Waals surface area contributed by atoms with Crippen molar-refractivity contribution >= 4 is 17.7 Å². The van der Waals surface area contributed by atoms with Gasteiger partial charge in [0.1, 0.15) is 0 Å². The zero-order chi connectivity index (χ0) is 19.6. The van der Waals surface area contributed by atoms with E-state index in [0.29, 0.717) is 17.0 Å². The zero-order valence-electron chi connectivity index (χ0n) is 15.8. The number of esters is 1.